The highest BCUT2D eigenvalue weighted by atomic mass is 16.5. The molecule has 5 nitrogen and oxygen atoms in total. The van der Waals surface area contributed by atoms with E-state index in [-0.39, 0.29) is 0 Å². The summed E-state index contributed by atoms with van der Waals surface area (Å²) in [7, 11) is 0. The van der Waals surface area contributed by atoms with Crippen molar-refractivity contribution in [2.24, 2.45) is 0 Å². The highest BCUT2D eigenvalue weighted by molar-refractivity contribution is 5.43. The Morgan fingerprint density at radius 2 is 2.26 bits per heavy atom. The summed E-state index contributed by atoms with van der Waals surface area (Å²) in [5.41, 5.74) is 2.78. The number of nitrogens with zero attached hydrogens (tertiary/aromatic N) is 3. The molecule has 0 radical (unpaired) electrons. The van der Waals surface area contributed by atoms with Gasteiger partial charge in [-0.3, -0.25) is 0 Å². The molecule has 3 rings (SSSR count). The predicted octanol–water partition coefficient (Wildman–Crippen LogP) is 1.90. The van der Waals surface area contributed by atoms with Gasteiger partial charge in [-0.05, 0) is 17.2 Å². The van der Waals surface area contributed by atoms with E-state index in [9.17, 15) is 0 Å². The molecule has 2 heterocycles. The summed E-state index contributed by atoms with van der Waals surface area (Å²) in [5.74, 6) is 1.64. The van der Waals surface area contributed by atoms with E-state index < -0.39 is 0 Å². The number of ether oxygens (including phenoxy) is 1. The summed E-state index contributed by atoms with van der Waals surface area (Å²) >= 11 is 0. The lowest BCUT2D eigenvalue weighted by Crippen LogP contribution is -2.02. The summed E-state index contributed by atoms with van der Waals surface area (Å²) in [6, 6.07) is 9.80. The Bertz CT molecular complexity index is 648. The molecule has 19 heavy (non-hydrogen) atoms. The van der Waals surface area contributed by atoms with Crippen molar-refractivity contribution >= 4 is 5.82 Å². The summed E-state index contributed by atoms with van der Waals surface area (Å²) < 4.78 is 5.47. The van der Waals surface area contributed by atoms with Crippen LogP contribution >= 0.6 is 0 Å². The van der Waals surface area contributed by atoms with Crippen LogP contribution < -0.4 is 10.1 Å². The number of hydrogen-bond acceptors (Lipinski definition) is 5. The Kier molecular flexibility index (Phi) is 2.99. The van der Waals surface area contributed by atoms with Gasteiger partial charge in [0.15, 0.2) is 0 Å². The molecule has 0 unspecified atom stereocenters. The van der Waals surface area contributed by atoms with Crippen molar-refractivity contribution in [3.05, 3.63) is 47.4 Å². The first-order valence-corrected chi connectivity index (χ1v) is 6.06. The van der Waals surface area contributed by atoms with Crippen LogP contribution in [0.1, 0.15) is 16.8 Å². The van der Waals surface area contributed by atoms with Crippen LogP contribution in [0.25, 0.3) is 0 Å². The fourth-order valence-electron chi connectivity index (χ4n) is 2.06. The second-order valence-corrected chi connectivity index (χ2v) is 4.29. The zero-order valence-corrected chi connectivity index (χ0v) is 10.3. The summed E-state index contributed by atoms with van der Waals surface area (Å²) in [5, 5.41) is 12.0. The van der Waals surface area contributed by atoms with Gasteiger partial charge in [0.05, 0.1) is 6.61 Å². The Hall–Kier alpha value is -2.61. The van der Waals surface area contributed by atoms with Crippen molar-refractivity contribution < 1.29 is 4.74 Å². The van der Waals surface area contributed by atoms with Crippen LogP contribution in [0.5, 0.6) is 5.75 Å². The molecule has 1 aliphatic heterocycles. The van der Waals surface area contributed by atoms with E-state index in [1.807, 2.05) is 18.2 Å². The van der Waals surface area contributed by atoms with Gasteiger partial charge in [0.1, 0.15) is 29.7 Å². The van der Waals surface area contributed by atoms with Crippen molar-refractivity contribution in [1.29, 1.82) is 5.26 Å². The number of rotatable bonds is 3. The SMILES string of the molecule is N#Cc1cc(NCc2ccc3c(c2)CCO3)ncn1. The number of aromatic nitrogens is 2. The smallest absolute Gasteiger partial charge is 0.145 e. The number of anilines is 1. The zero-order valence-electron chi connectivity index (χ0n) is 10.3. The first kappa shape index (κ1) is 11.5. The average molecular weight is 252 g/mol. The number of nitrogens with one attached hydrogen (secondary N) is 1. The normalized spacial score (nSPS) is 12.4. The minimum absolute atomic E-state index is 0.361. The van der Waals surface area contributed by atoms with Gasteiger partial charge in [0, 0.05) is 19.0 Å². The molecule has 5 heteroatoms. The fourth-order valence-corrected chi connectivity index (χ4v) is 2.06. The minimum atomic E-state index is 0.361. The largest absolute Gasteiger partial charge is 0.493 e. The lowest BCUT2D eigenvalue weighted by atomic mass is 10.1. The van der Waals surface area contributed by atoms with E-state index in [1.54, 1.807) is 6.07 Å². The predicted molar refractivity (Wildman–Crippen MR) is 69.7 cm³/mol. The van der Waals surface area contributed by atoms with E-state index in [2.05, 4.69) is 21.4 Å². The highest BCUT2D eigenvalue weighted by Crippen LogP contribution is 2.26. The molecule has 1 aliphatic rings. The third kappa shape index (κ3) is 2.47. The summed E-state index contributed by atoms with van der Waals surface area (Å²) in [6.45, 7) is 1.43. The molecule has 0 fully saturated rings. The Labute approximate surface area is 110 Å². The Morgan fingerprint density at radius 3 is 3.16 bits per heavy atom. The second-order valence-electron chi connectivity index (χ2n) is 4.29. The van der Waals surface area contributed by atoms with E-state index in [0.29, 0.717) is 18.1 Å². The molecule has 94 valence electrons. The molecule has 0 saturated carbocycles. The van der Waals surface area contributed by atoms with Gasteiger partial charge in [-0.1, -0.05) is 12.1 Å². The molecule has 0 aliphatic carbocycles. The van der Waals surface area contributed by atoms with Crippen LogP contribution in [-0.4, -0.2) is 16.6 Å². The quantitative estimate of drug-likeness (QED) is 0.903. The molecule has 0 saturated heterocycles. The molecule has 2 aromatic rings. The average Bonchev–Trinajstić information content (AvgIpc) is 2.93. The second kappa shape index (κ2) is 4.94. The molecular weight excluding hydrogens is 240 g/mol. The first-order chi connectivity index (χ1) is 9.35. The zero-order chi connectivity index (χ0) is 13.1. The molecule has 1 aromatic heterocycles. The van der Waals surface area contributed by atoms with Crippen LogP contribution in [0.2, 0.25) is 0 Å². The van der Waals surface area contributed by atoms with Crippen molar-refractivity contribution in [2.45, 2.75) is 13.0 Å². The lowest BCUT2D eigenvalue weighted by molar-refractivity contribution is 0.357. The van der Waals surface area contributed by atoms with Crippen LogP contribution in [0.3, 0.4) is 0 Å². The third-order valence-electron chi connectivity index (χ3n) is 3.01. The summed E-state index contributed by atoms with van der Waals surface area (Å²) in [6.07, 6.45) is 2.35. The standard InChI is InChI=1S/C14H12N4O/c15-7-12-6-14(18-9-17-12)16-8-10-1-2-13-11(5-10)3-4-19-13/h1-2,5-6,9H,3-4,8H2,(H,16,17,18). The maximum absolute atomic E-state index is 8.77. The molecule has 0 spiro atoms. The van der Waals surface area contributed by atoms with Gasteiger partial charge in [-0.2, -0.15) is 5.26 Å². The van der Waals surface area contributed by atoms with Crippen molar-refractivity contribution in [3.63, 3.8) is 0 Å². The van der Waals surface area contributed by atoms with E-state index in [1.165, 1.54) is 17.5 Å². The molecular formula is C14H12N4O. The Morgan fingerprint density at radius 1 is 1.32 bits per heavy atom. The van der Waals surface area contributed by atoms with Crippen molar-refractivity contribution in [3.8, 4) is 11.8 Å². The number of nitriles is 1. The lowest BCUT2D eigenvalue weighted by Gasteiger charge is -2.07. The van der Waals surface area contributed by atoms with Gasteiger partial charge < -0.3 is 10.1 Å². The number of hydrogen-bond donors (Lipinski definition) is 1. The van der Waals surface area contributed by atoms with Crippen LogP contribution in [-0.2, 0) is 13.0 Å². The molecule has 0 atom stereocenters. The Balaban J connectivity index is 1.70. The van der Waals surface area contributed by atoms with Crippen LogP contribution in [0.4, 0.5) is 5.82 Å². The highest BCUT2D eigenvalue weighted by Gasteiger charge is 2.11. The monoisotopic (exact) mass is 252 g/mol. The van der Waals surface area contributed by atoms with Crippen LogP contribution in [0, 0.1) is 11.3 Å². The van der Waals surface area contributed by atoms with Crippen molar-refractivity contribution in [2.75, 3.05) is 11.9 Å². The van der Waals surface area contributed by atoms with Gasteiger partial charge >= 0.3 is 0 Å². The number of benzene rings is 1. The fraction of sp³-hybridized carbons (Fsp3) is 0.214. The summed E-state index contributed by atoms with van der Waals surface area (Å²) in [4.78, 5) is 7.91. The topological polar surface area (TPSA) is 70.8 Å². The molecule has 0 bridgehead atoms. The van der Waals surface area contributed by atoms with Gasteiger partial charge in [-0.15, -0.1) is 0 Å². The number of fused-ring (bicyclic) bond motifs is 1. The maximum atomic E-state index is 8.77. The molecule has 1 N–H and O–H groups in total. The third-order valence-corrected chi connectivity index (χ3v) is 3.01. The van der Waals surface area contributed by atoms with Crippen molar-refractivity contribution in [1.82, 2.24) is 9.97 Å². The van der Waals surface area contributed by atoms with Gasteiger partial charge in [0.25, 0.3) is 0 Å². The van der Waals surface area contributed by atoms with Gasteiger partial charge in [-0.25, -0.2) is 9.97 Å². The maximum Gasteiger partial charge on any atom is 0.145 e. The van der Waals surface area contributed by atoms with E-state index in [0.717, 1.165) is 18.8 Å². The van der Waals surface area contributed by atoms with Crippen LogP contribution in [0.15, 0.2) is 30.6 Å². The minimum Gasteiger partial charge on any atom is -0.493 e. The van der Waals surface area contributed by atoms with Gasteiger partial charge in [0.2, 0.25) is 0 Å². The molecule has 0 amide bonds. The van der Waals surface area contributed by atoms with E-state index >= 15 is 0 Å². The molecule has 1 aromatic carbocycles. The van der Waals surface area contributed by atoms with E-state index in [4.69, 9.17) is 10.00 Å². The first-order valence-electron chi connectivity index (χ1n) is 6.06.